The molecule has 0 bridgehead atoms. The molecule has 0 spiro atoms. The van der Waals surface area contributed by atoms with Crippen LogP contribution in [0.5, 0.6) is 0 Å². The molecule has 0 saturated carbocycles. The van der Waals surface area contributed by atoms with Crippen LogP contribution in [-0.4, -0.2) is 35.6 Å². The largest absolute Gasteiger partial charge is 0.357 e. The Kier molecular flexibility index (Phi) is 9.81. The minimum absolute atomic E-state index is 0.0630. The van der Waals surface area contributed by atoms with Gasteiger partial charge in [-0.1, -0.05) is 71.7 Å². The number of rotatable bonds is 10. The summed E-state index contributed by atoms with van der Waals surface area (Å²) in [6, 6.07) is 20.5. The zero-order chi connectivity index (χ0) is 24.5. The van der Waals surface area contributed by atoms with Gasteiger partial charge in [0.1, 0.15) is 11.9 Å². The molecular formula is C26H25Cl2FN2O2S. The lowest BCUT2D eigenvalue weighted by Gasteiger charge is -2.31. The monoisotopic (exact) mass is 518 g/mol. The summed E-state index contributed by atoms with van der Waals surface area (Å²) in [6.45, 7) is 0.214. The molecule has 0 fully saturated rings. The van der Waals surface area contributed by atoms with Crippen molar-refractivity contribution in [1.82, 2.24) is 10.2 Å². The van der Waals surface area contributed by atoms with Gasteiger partial charge in [0.05, 0.1) is 5.75 Å². The first-order valence-corrected chi connectivity index (χ1v) is 12.6. The summed E-state index contributed by atoms with van der Waals surface area (Å²) >= 11 is 13.5. The summed E-state index contributed by atoms with van der Waals surface area (Å²) in [5.41, 5.74) is 2.10. The number of carbonyl (C=O) groups excluding carboxylic acids is 2. The van der Waals surface area contributed by atoms with Crippen molar-refractivity contribution in [1.29, 1.82) is 0 Å². The fourth-order valence-electron chi connectivity index (χ4n) is 3.55. The van der Waals surface area contributed by atoms with Gasteiger partial charge >= 0.3 is 0 Å². The molecule has 34 heavy (non-hydrogen) atoms. The Balaban J connectivity index is 1.83. The highest BCUT2D eigenvalue weighted by Gasteiger charge is 2.29. The Morgan fingerprint density at radius 1 is 1.00 bits per heavy atom. The maximum atomic E-state index is 14.1. The second kappa shape index (κ2) is 12.8. The molecule has 4 nitrogen and oxygen atoms in total. The molecule has 0 aliphatic rings. The molecule has 2 amide bonds. The van der Waals surface area contributed by atoms with Gasteiger partial charge in [0.2, 0.25) is 11.8 Å². The highest BCUT2D eigenvalue weighted by Crippen LogP contribution is 2.25. The van der Waals surface area contributed by atoms with Crippen LogP contribution in [0.2, 0.25) is 10.0 Å². The zero-order valence-corrected chi connectivity index (χ0v) is 21.0. The third-order valence-electron chi connectivity index (χ3n) is 5.29. The molecule has 0 aliphatic carbocycles. The van der Waals surface area contributed by atoms with Crippen LogP contribution in [0.4, 0.5) is 4.39 Å². The molecule has 3 aromatic carbocycles. The standard InChI is InChI=1S/C26H25Cl2FN2O2S/c1-30-26(33)24(14-18-7-3-2-4-8-18)31(15-19-9-5-10-20(27)13-19)25(32)17-34-16-21-22(28)11-6-12-23(21)29/h2-13,24H,14-17H2,1H3,(H,30,33)/t24-/m1/s1. The van der Waals surface area contributed by atoms with E-state index in [4.69, 9.17) is 23.2 Å². The summed E-state index contributed by atoms with van der Waals surface area (Å²) in [5, 5.41) is 3.55. The van der Waals surface area contributed by atoms with Crippen LogP contribution in [0.25, 0.3) is 0 Å². The topological polar surface area (TPSA) is 49.4 Å². The zero-order valence-electron chi connectivity index (χ0n) is 18.6. The van der Waals surface area contributed by atoms with Crippen LogP contribution in [0.15, 0.2) is 72.8 Å². The van der Waals surface area contributed by atoms with E-state index in [1.54, 1.807) is 42.3 Å². The van der Waals surface area contributed by atoms with Crippen LogP contribution in [0, 0.1) is 5.82 Å². The second-order valence-electron chi connectivity index (χ2n) is 7.66. The van der Waals surface area contributed by atoms with Gasteiger partial charge in [-0.15, -0.1) is 11.8 Å². The smallest absolute Gasteiger partial charge is 0.242 e. The Hall–Kier alpha value is -2.54. The molecule has 178 valence electrons. The lowest BCUT2D eigenvalue weighted by molar-refractivity contribution is -0.139. The molecular weight excluding hydrogens is 494 g/mol. The summed E-state index contributed by atoms with van der Waals surface area (Å²) in [7, 11) is 1.55. The number of thioether (sulfide) groups is 1. The van der Waals surface area contributed by atoms with E-state index in [2.05, 4.69) is 5.32 Å². The Morgan fingerprint density at radius 3 is 2.38 bits per heavy atom. The predicted molar refractivity (Wildman–Crippen MR) is 138 cm³/mol. The SMILES string of the molecule is CNC(=O)[C@@H](Cc1ccccc1)N(Cc1cccc(Cl)c1)C(=O)CSCc1c(F)cccc1Cl. The van der Waals surface area contributed by atoms with Crippen molar-refractivity contribution in [2.75, 3.05) is 12.8 Å². The molecule has 0 aliphatic heterocycles. The quantitative estimate of drug-likeness (QED) is 0.371. The number of halogens is 3. The van der Waals surface area contributed by atoms with Crippen LogP contribution < -0.4 is 5.32 Å². The van der Waals surface area contributed by atoms with Gasteiger partial charge in [0.15, 0.2) is 0 Å². The van der Waals surface area contributed by atoms with Crippen molar-refractivity contribution in [2.24, 2.45) is 0 Å². The Bertz CT molecular complexity index is 1110. The predicted octanol–water partition coefficient (Wildman–Crippen LogP) is 5.75. The van der Waals surface area contributed by atoms with Crippen LogP contribution in [0.1, 0.15) is 16.7 Å². The first-order valence-electron chi connectivity index (χ1n) is 10.7. The lowest BCUT2D eigenvalue weighted by atomic mass is 10.0. The van der Waals surface area contributed by atoms with E-state index in [-0.39, 0.29) is 29.9 Å². The summed E-state index contributed by atoms with van der Waals surface area (Å²) < 4.78 is 14.1. The first-order chi connectivity index (χ1) is 16.4. The van der Waals surface area contributed by atoms with E-state index in [1.165, 1.54) is 17.8 Å². The molecule has 0 aromatic heterocycles. The molecule has 3 aromatic rings. The number of carbonyl (C=O) groups is 2. The molecule has 3 rings (SSSR count). The van der Waals surface area contributed by atoms with Gasteiger partial charge in [-0.2, -0.15) is 0 Å². The van der Waals surface area contributed by atoms with Crippen molar-refractivity contribution in [2.45, 2.75) is 24.8 Å². The number of hydrogen-bond acceptors (Lipinski definition) is 3. The fraction of sp³-hybridized carbons (Fsp3) is 0.231. The minimum Gasteiger partial charge on any atom is -0.357 e. The van der Waals surface area contributed by atoms with Crippen molar-refractivity contribution in [3.8, 4) is 0 Å². The third-order valence-corrected chi connectivity index (χ3v) is 6.83. The number of nitrogens with one attached hydrogen (secondary N) is 1. The molecule has 0 heterocycles. The van der Waals surface area contributed by atoms with Gasteiger partial charge < -0.3 is 10.2 Å². The van der Waals surface area contributed by atoms with E-state index in [9.17, 15) is 14.0 Å². The van der Waals surface area contributed by atoms with Gasteiger partial charge in [0, 0.05) is 41.4 Å². The number of amides is 2. The van der Waals surface area contributed by atoms with E-state index in [0.29, 0.717) is 22.0 Å². The minimum atomic E-state index is -0.725. The molecule has 0 saturated heterocycles. The summed E-state index contributed by atoms with van der Waals surface area (Å²) in [4.78, 5) is 27.9. The van der Waals surface area contributed by atoms with E-state index in [1.807, 2.05) is 36.4 Å². The highest BCUT2D eigenvalue weighted by atomic mass is 35.5. The first kappa shape index (κ1) is 26.1. The molecule has 8 heteroatoms. The van der Waals surface area contributed by atoms with Crippen LogP contribution in [0.3, 0.4) is 0 Å². The van der Waals surface area contributed by atoms with Crippen LogP contribution in [-0.2, 0) is 28.3 Å². The van der Waals surface area contributed by atoms with Gasteiger partial charge in [-0.05, 0) is 35.4 Å². The fourth-order valence-corrected chi connectivity index (χ4v) is 5.01. The molecule has 0 unspecified atom stereocenters. The van der Waals surface area contributed by atoms with Gasteiger partial charge in [-0.3, -0.25) is 9.59 Å². The lowest BCUT2D eigenvalue weighted by Crippen LogP contribution is -2.50. The number of likely N-dealkylation sites (N-methyl/N-ethyl adjacent to an activating group) is 1. The van der Waals surface area contributed by atoms with Crippen molar-refractivity contribution in [3.05, 3.63) is 105 Å². The van der Waals surface area contributed by atoms with E-state index >= 15 is 0 Å². The Labute approximate surface area is 213 Å². The Morgan fingerprint density at radius 2 is 1.71 bits per heavy atom. The molecule has 1 atom stereocenters. The maximum absolute atomic E-state index is 14.1. The van der Waals surface area contributed by atoms with Gasteiger partial charge in [0.25, 0.3) is 0 Å². The summed E-state index contributed by atoms with van der Waals surface area (Å²) in [5.74, 6) is -0.599. The van der Waals surface area contributed by atoms with E-state index < -0.39 is 11.9 Å². The average Bonchev–Trinajstić information content (AvgIpc) is 2.83. The third kappa shape index (κ3) is 7.23. The van der Waals surface area contributed by atoms with Crippen molar-refractivity contribution in [3.63, 3.8) is 0 Å². The van der Waals surface area contributed by atoms with Crippen LogP contribution >= 0.6 is 35.0 Å². The van der Waals surface area contributed by atoms with Crippen molar-refractivity contribution < 1.29 is 14.0 Å². The van der Waals surface area contributed by atoms with Crippen molar-refractivity contribution >= 4 is 46.8 Å². The molecule has 1 N–H and O–H groups in total. The summed E-state index contributed by atoms with van der Waals surface area (Å²) in [6.07, 6.45) is 0.358. The number of hydrogen-bond donors (Lipinski definition) is 1. The number of nitrogens with zero attached hydrogens (tertiary/aromatic N) is 1. The molecule has 0 radical (unpaired) electrons. The van der Waals surface area contributed by atoms with E-state index in [0.717, 1.165) is 11.1 Å². The average molecular weight is 519 g/mol. The normalized spacial score (nSPS) is 11.6. The maximum Gasteiger partial charge on any atom is 0.242 e. The highest BCUT2D eigenvalue weighted by molar-refractivity contribution is 7.99. The number of benzene rings is 3. The second-order valence-corrected chi connectivity index (χ2v) is 9.49. The van der Waals surface area contributed by atoms with Gasteiger partial charge in [-0.25, -0.2) is 4.39 Å².